The second-order valence-electron chi connectivity index (χ2n) is 9.70. The highest BCUT2D eigenvalue weighted by atomic mass is 32.1. The van der Waals surface area contributed by atoms with Crippen molar-refractivity contribution in [3.8, 4) is 22.3 Å². The minimum absolute atomic E-state index is 0.417. The molecule has 0 radical (unpaired) electrons. The molecule has 0 bridgehead atoms. The Hall–Kier alpha value is -3.90. The molecule has 1 fully saturated rings. The smallest absolute Gasteiger partial charge is 0.237 e. The van der Waals surface area contributed by atoms with E-state index in [0.29, 0.717) is 16.7 Å². The molecule has 0 aliphatic heterocycles. The molecule has 37 heavy (non-hydrogen) atoms. The summed E-state index contributed by atoms with van der Waals surface area (Å²) >= 11 is 5.49. The van der Waals surface area contributed by atoms with E-state index in [4.69, 9.17) is 21.1 Å². The quantitative estimate of drug-likeness (QED) is 0.197. The first kappa shape index (κ1) is 23.5. The van der Waals surface area contributed by atoms with Gasteiger partial charge >= 0.3 is 0 Å². The minimum Gasteiger partial charge on any atom is -0.460 e. The molecule has 2 N–H and O–H groups in total. The number of rotatable bonds is 4. The number of nitrogens with one attached hydrogen (secondary N) is 2. The molecule has 1 aliphatic rings. The van der Waals surface area contributed by atoms with Gasteiger partial charge in [0.25, 0.3) is 0 Å². The normalized spacial score (nSPS) is 14.5. The van der Waals surface area contributed by atoms with Crippen molar-refractivity contribution in [3.05, 3.63) is 89.7 Å². The Morgan fingerprint density at radius 1 is 0.838 bits per heavy atom. The van der Waals surface area contributed by atoms with E-state index < -0.39 is 0 Å². The summed E-state index contributed by atoms with van der Waals surface area (Å²) in [5, 5.41) is 10.5. The summed E-state index contributed by atoms with van der Waals surface area (Å²) < 4.78 is 12.7. The van der Waals surface area contributed by atoms with Crippen LogP contribution in [0, 0.1) is 13.8 Å². The third kappa shape index (κ3) is 4.53. The van der Waals surface area contributed by atoms with Gasteiger partial charge < -0.3 is 14.2 Å². The number of hydrogen-bond acceptors (Lipinski definition) is 4. The SMILES string of the molecule is Cc1oc2c(C)c3oc(=NNC(=S)NC4CCCC4)cc(-c4ccccc4)c3cc2c1-c1ccccc1. The predicted octanol–water partition coefficient (Wildman–Crippen LogP) is 7.35. The number of fused-ring (bicyclic) bond motifs is 2. The number of furan rings is 1. The van der Waals surface area contributed by atoms with E-state index in [-0.39, 0.29) is 0 Å². The van der Waals surface area contributed by atoms with E-state index in [1.165, 1.54) is 12.8 Å². The van der Waals surface area contributed by atoms with Crippen LogP contribution in [0.3, 0.4) is 0 Å². The van der Waals surface area contributed by atoms with Gasteiger partial charge in [0.2, 0.25) is 5.55 Å². The van der Waals surface area contributed by atoms with Gasteiger partial charge in [-0.2, -0.15) is 0 Å². The van der Waals surface area contributed by atoms with E-state index in [0.717, 1.165) is 68.4 Å². The van der Waals surface area contributed by atoms with E-state index in [1.54, 1.807) is 0 Å². The lowest BCUT2D eigenvalue weighted by atomic mass is 9.96. The van der Waals surface area contributed by atoms with Crippen LogP contribution in [0.1, 0.15) is 37.0 Å². The van der Waals surface area contributed by atoms with Crippen LogP contribution >= 0.6 is 12.2 Å². The minimum atomic E-state index is 0.417. The summed E-state index contributed by atoms with van der Waals surface area (Å²) in [5.41, 5.74) is 10.3. The first-order chi connectivity index (χ1) is 18.1. The van der Waals surface area contributed by atoms with Crippen LogP contribution in [0.15, 0.2) is 86.7 Å². The number of hydrogen-bond donors (Lipinski definition) is 2. The van der Waals surface area contributed by atoms with E-state index >= 15 is 0 Å². The zero-order valence-electron chi connectivity index (χ0n) is 21.0. The lowest BCUT2D eigenvalue weighted by molar-refractivity contribution is 0.524. The third-order valence-electron chi connectivity index (χ3n) is 7.21. The van der Waals surface area contributed by atoms with Crippen LogP contribution in [-0.2, 0) is 0 Å². The molecule has 5 aromatic rings. The van der Waals surface area contributed by atoms with Crippen LogP contribution in [0.4, 0.5) is 0 Å². The molecule has 0 amide bonds. The first-order valence-electron chi connectivity index (χ1n) is 12.8. The van der Waals surface area contributed by atoms with Gasteiger partial charge in [-0.15, -0.1) is 5.10 Å². The van der Waals surface area contributed by atoms with Gasteiger partial charge in [0.15, 0.2) is 5.11 Å². The Kier molecular flexibility index (Phi) is 6.26. The topological polar surface area (TPSA) is 62.7 Å². The van der Waals surface area contributed by atoms with Gasteiger partial charge in [-0.1, -0.05) is 73.5 Å². The summed E-state index contributed by atoms with van der Waals surface area (Å²) in [6.45, 7) is 4.06. The van der Waals surface area contributed by atoms with Crippen molar-refractivity contribution in [3.63, 3.8) is 0 Å². The zero-order chi connectivity index (χ0) is 25.4. The molecule has 3 aromatic carbocycles. The number of thiocarbonyl (C=S) groups is 1. The Morgan fingerprint density at radius 3 is 2.19 bits per heavy atom. The highest BCUT2D eigenvalue weighted by molar-refractivity contribution is 7.80. The maximum atomic E-state index is 6.36. The van der Waals surface area contributed by atoms with Crippen molar-refractivity contribution in [1.29, 1.82) is 0 Å². The monoisotopic (exact) mass is 507 g/mol. The van der Waals surface area contributed by atoms with Crippen molar-refractivity contribution in [2.45, 2.75) is 45.6 Å². The standard InChI is InChI=1S/C31H29N3O2S/c1-19-29-25(17-26-28(20(2)35-30(19)26)22-13-7-4-8-14-22)24(21-11-5-3-6-12-21)18-27(36-29)33-34-31(37)32-23-15-9-10-16-23/h3-8,11-14,17-18,23H,9-10,15-16H2,1-2H3,(H2,32,34,37). The summed E-state index contributed by atoms with van der Waals surface area (Å²) in [6.07, 6.45) is 4.76. The number of benzene rings is 3. The molecular formula is C31H29N3O2S. The molecule has 6 heteroatoms. The number of aryl methyl sites for hydroxylation is 2. The third-order valence-corrected chi connectivity index (χ3v) is 7.41. The Morgan fingerprint density at radius 2 is 1.49 bits per heavy atom. The fraction of sp³-hybridized carbons (Fsp3) is 0.226. The predicted molar refractivity (Wildman–Crippen MR) is 153 cm³/mol. The Labute approximate surface area is 221 Å². The van der Waals surface area contributed by atoms with Crippen molar-refractivity contribution in [2.75, 3.05) is 0 Å². The molecule has 0 saturated heterocycles. The zero-order valence-corrected chi connectivity index (χ0v) is 21.8. The molecule has 1 saturated carbocycles. The Bertz CT molecular complexity index is 1660. The lowest BCUT2D eigenvalue weighted by Gasteiger charge is -2.13. The highest BCUT2D eigenvalue weighted by Crippen LogP contribution is 2.40. The van der Waals surface area contributed by atoms with E-state index in [1.807, 2.05) is 44.2 Å². The lowest BCUT2D eigenvalue weighted by Crippen LogP contribution is -2.39. The molecular weight excluding hydrogens is 478 g/mol. The summed E-state index contributed by atoms with van der Waals surface area (Å²) in [7, 11) is 0. The van der Waals surface area contributed by atoms with Crippen LogP contribution in [0.2, 0.25) is 0 Å². The number of nitrogens with zero attached hydrogens (tertiary/aromatic N) is 1. The highest BCUT2D eigenvalue weighted by Gasteiger charge is 2.20. The van der Waals surface area contributed by atoms with Crippen LogP contribution in [-0.4, -0.2) is 11.2 Å². The van der Waals surface area contributed by atoms with Crippen molar-refractivity contribution >= 4 is 39.3 Å². The second-order valence-corrected chi connectivity index (χ2v) is 10.1. The van der Waals surface area contributed by atoms with Gasteiger partial charge in [-0.05, 0) is 61.7 Å². The molecule has 186 valence electrons. The second kappa shape index (κ2) is 9.87. The molecule has 2 heterocycles. The molecule has 0 unspecified atom stereocenters. The molecule has 2 aromatic heterocycles. The van der Waals surface area contributed by atoms with Crippen LogP contribution < -0.4 is 16.3 Å². The van der Waals surface area contributed by atoms with Gasteiger partial charge in [-0.3, -0.25) is 5.43 Å². The maximum absolute atomic E-state index is 6.36. The maximum Gasteiger partial charge on any atom is 0.237 e. The van der Waals surface area contributed by atoms with E-state index in [2.05, 4.69) is 58.3 Å². The van der Waals surface area contributed by atoms with Crippen molar-refractivity contribution < 1.29 is 8.83 Å². The molecule has 0 spiro atoms. The van der Waals surface area contributed by atoms with Gasteiger partial charge in [0, 0.05) is 34.0 Å². The van der Waals surface area contributed by atoms with Crippen LogP contribution in [0.5, 0.6) is 0 Å². The van der Waals surface area contributed by atoms with Gasteiger partial charge in [-0.25, -0.2) is 0 Å². The van der Waals surface area contributed by atoms with Crippen LogP contribution in [0.25, 0.3) is 44.2 Å². The molecule has 1 aliphatic carbocycles. The van der Waals surface area contributed by atoms with Gasteiger partial charge in [0.1, 0.15) is 16.9 Å². The van der Waals surface area contributed by atoms with E-state index in [9.17, 15) is 0 Å². The summed E-state index contributed by atoms with van der Waals surface area (Å²) in [4.78, 5) is 0. The van der Waals surface area contributed by atoms with Crippen molar-refractivity contribution in [2.24, 2.45) is 5.10 Å². The summed E-state index contributed by atoms with van der Waals surface area (Å²) in [6, 6.07) is 25.3. The summed E-state index contributed by atoms with van der Waals surface area (Å²) in [5.74, 6) is 0.885. The molecule has 5 nitrogen and oxygen atoms in total. The fourth-order valence-electron chi connectivity index (χ4n) is 5.43. The molecule has 6 rings (SSSR count). The Balaban J connectivity index is 1.53. The fourth-order valence-corrected chi connectivity index (χ4v) is 5.64. The average molecular weight is 508 g/mol. The average Bonchev–Trinajstić information content (AvgIpc) is 3.55. The molecule has 0 atom stereocenters. The van der Waals surface area contributed by atoms with Gasteiger partial charge in [0.05, 0.1) is 0 Å². The van der Waals surface area contributed by atoms with Crippen molar-refractivity contribution in [1.82, 2.24) is 10.7 Å². The largest absolute Gasteiger partial charge is 0.460 e. The first-order valence-corrected chi connectivity index (χ1v) is 13.2.